The van der Waals surface area contributed by atoms with E-state index in [0.29, 0.717) is 24.0 Å². The maximum absolute atomic E-state index is 14.0. The standard InChI is InChI=1S/C16H20FN5OS/c17-13-2-1-10(7-11-3-5-19-9-11)8-12(13)15(23)20-6-4-14-21-22-16(18)24-14/h1-2,8,11,19H,3-7,9H2,(H2,18,22)(H,20,23). The van der Waals surface area contributed by atoms with Crippen LogP contribution in [0.1, 0.15) is 27.3 Å². The van der Waals surface area contributed by atoms with Gasteiger partial charge in [0.25, 0.3) is 5.91 Å². The fourth-order valence-corrected chi connectivity index (χ4v) is 3.45. The number of benzene rings is 1. The second-order valence-corrected chi connectivity index (χ2v) is 7.01. The quantitative estimate of drug-likeness (QED) is 0.733. The lowest BCUT2D eigenvalue weighted by Gasteiger charge is -2.11. The number of carbonyl (C=O) groups is 1. The van der Waals surface area contributed by atoms with Crippen LogP contribution in [0.4, 0.5) is 9.52 Å². The second kappa shape index (κ2) is 7.67. The molecule has 1 aliphatic rings. The summed E-state index contributed by atoms with van der Waals surface area (Å²) in [6.07, 6.45) is 2.50. The Labute approximate surface area is 143 Å². The lowest BCUT2D eigenvalue weighted by Crippen LogP contribution is -2.26. The summed E-state index contributed by atoms with van der Waals surface area (Å²) in [4.78, 5) is 12.2. The van der Waals surface area contributed by atoms with Gasteiger partial charge in [0.1, 0.15) is 10.8 Å². The normalized spacial score (nSPS) is 17.1. The van der Waals surface area contributed by atoms with Crippen LogP contribution in [-0.2, 0) is 12.8 Å². The van der Waals surface area contributed by atoms with Crippen molar-refractivity contribution in [2.75, 3.05) is 25.4 Å². The zero-order valence-corrected chi connectivity index (χ0v) is 14.0. The van der Waals surface area contributed by atoms with Crippen molar-refractivity contribution >= 4 is 22.4 Å². The Morgan fingerprint density at radius 1 is 1.46 bits per heavy atom. The van der Waals surface area contributed by atoms with E-state index in [1.807, 2.05) is 0 Å². The zero-order chi connectivity index (χ0) is 16.9. The molecule has 1 unspecified atom stereocenters. The number of nitrogen functional groups attached to an aromatic ring is 1. The maximum Gasteiger partial charge on any atom is 0.254 e. The van der Waals surface area contributed by atoms with Crippen LogP contribution in [0.3, 0.4) is 0 Å². The van der Waals surface area contributed by atoms with Gasteiger partial charge < -0.3 is 16.4 Å². The molecule has 3 rings (SSSR count). The molecule has 6 nitrogen and oxygen atoms in total. The van der Waals surface area contributed by atoms with Crippen LogP contribution in [0, 0.1) is 11.7 Å². The van der Waals surface area contributed by atoms with Gasteiger partial charge in [0.2, 0.25) is 5.13 Å². The number of nitrogens with one attached hydrogen (secondary N) is 2. The van der Waals surface area contributed by atoms with Crippen LogP contribution in [-0.4, -0.2) is 35.7 Å². The first-order valence-electron chi connectivity index (χ1n) is 7.97. The molecule has 1 aromatic heterocycles. The molecule has 0 bridgehead atoms. The molecule has 0 spiro atoms. The SMILES string of the molecule is Nc1nnc(CCNC(=O)c2cc(CC3CCNC3)ccc2F)s1. The van der Waals surface area contributed by atoms with Crippen LogP contribution in [0.2, 0.25) is 0 Å². The van der Waals surface area contributed by atoms with Gasteiger partial charge >= 0.3 is 0 Å². The predicted molar refractivity (Wildman–Crippen MR) is 91.4 cm³/mol. The number of anilines is 1. The molecule has 2 aromatic rings. The highest BCUT2D eigenvalue weighted by Gasteiger charge is 2.17. The molecule has 1 atom stereocenters. The molecule has 1 aliphatic heterocycles. The molecular weight excluding hydrogens is 329 g/mol. The number of rotatable bonds is 6. The Morgan fingerprint density at radius 2 is 2.33 bits per heavy atom. The van der Waals surface area contributed by atoms with E-state index >= 15 is 0 Å². The number of halogens is 1. The molecule has 0 radical (unpaired) electrons. The average Bonchev–Trinajstić information content (AvgIpc) is 3.21. The highest BCUT2D eigenvalue weighted by molar-refractivity contribution is 7.15. The van der Waals surface area contributed by atoms with E-state index in [9.17, 15) is 9.18 Å². The van der Waals surface area contributed by atoms with Crippen molar-refractivity contribution in [3.63, 3.8) is 0 Å². The summed E-state index contributed by atoms with van der Waals surface area (Å²) in [5.41, 5.74) is 6.59. The van der Waals surface area contributed by atoms with Crippen molar-refractivity contribution in [1.29, 1.82) is 0 Å². The van der Waals surface area contributed by atoms with Crippen LogP contribution in [0.5, 0.6) is 0 Å². The number of carbonyl (C=O) groups excluding carboxylic acids is 1. The number of hydrogen-bond acceptors (Lipinski definition) is 6. The topological polar surface area (TPSA) is 92.9 Å². The van der Waals surface area contributed by atoms with Crippen LogP contribution >= 0.6 is 11.3 Å². The van der Waals surface area contributed by atoms with E-state index in [1.54, 1.807) is 12.1 Å². The minimum Gasteiger partial charge on any atom is -0.374 e. The first kappa shape index (κ1) is 16.8. The predicted octanol–water partition coefficient (Wildman–Crippen LogP) is 1.38. The first-order chi connectivity index (χ1) is 11.6. The Kier molecular flexibility index (Phi) is 5.37. The molecule has 4 N–H and O–H groups in total. The fourth-order valence-electron chi connectivity index (χ4n) is 2.84. The smallest absolute Gasteiger partial charge is 0.254 e. The monoisotopic (exact) mass is 349 g/mol. The van der Waals surface area contributed by atoms with Gasteiger partial charge in [-0.05, 0) is 49.5 Å². The third kappa shape index (κ3) is 4.27. The number of nitrogens with zero attached hydrogens (tertiary/aromatic N) is 2. The molecule has 24 heavy (non-hydrogen) atoms. The van der Waals surface area contributed by atoms with Gasteiger partial charge in [0.15, 0.2) is 0 Å². The number of hydrogen-bond donors (Lipinski definition) is 3. The van der Waals surface area contributed by atoms with Crippen LogP contribution in [0.25, 0.3) is 0 Å². The minimum absolute atomic E-state index is 0.0928. The van der Waals surface area contributed by atoms with Gasteiger partial charge in [0, 0.05) is 13.0 Å². The second-order valence-electron chi connectivity index (χ2n) is 5.92. The minimum atomic E-state index is -0.499. The molecule has 8 heteroatoms. The summed E-state index contributed by atoms with van der Waals surface area (Å²) in [6.45, 7) is 2.36. The van der Waals surface area contributed by atoms with Crippen molar-refractivity contribution in [3.8, 4) is 0 Å². The van der Waals surface area contributed by atoms with E-state index in [2.05, 4.69) is 20.8 Å². The molecule has 0 aliphatic carbocycles. The fraction of sp³-hybridized carbons (Fsp3) is 0.438. The molecule has 1 aromatic carbocycles. The molecule has 2 heterocycles. The molecule has 1 fully saturated rings. The summed E-state index contributed by atoms with van der Waals surface area (Å²) in [5.74, 6) is -0.355. The van der Waals surface area contributed by atoms with E-state index in [0.717, 1.165) is 36.5 Å². The largest absolute Gasteiger partial charge is 0.374 e. The third-order valence-electron chi connectivity index (χ3n) is 4.07. The lowest BCUT2D eigenvalue weighted by molar-refractivity contribution is 0.0950. The van der Waals surface area contributed by atoms with Gasteiger partial charge in [-0.2, -0.15) is 0 Å². The highest BCUT2D eigenvalue weighted by atomic mass is 32.1. The first-order valence-corrected chi connectivity index (χ1v) is 8.78. The maximum atomic E-state index is 14.0. The van der Waals surface area contributed by atoms with Gasteiger partial charge in [-0.15, -0.1) is 10.2 Å². The van der Waals surface area contributed by atoms with Crippen molar-refractivity contribution in [2.24, 2.45) is 5.92 Å². The van der Waals surface area contributed by atoms with E-state index in [4.69, 9.17) is 5.73 Å². The van der Waals surface area contributed by atoms with E-state index < -0.39 is 11.7 Å². The van der Waals surface area contributed by atoms with Crippen molar-refractivity contribution in [3.05, 3.63) is 40.2 Å². The van der Waals surface area contributed by atoms with Crippen LogP contribution < -0.4 is 16.4 Å². The van der Waals surface area contributed by atoms with Gasteiger partial charge in [-0.25, -0.2) is 4.39 Å². The van der Waals surface area contributed by atoms with Crippen LogP contribution in [0.15, 0.2) is 18.2 Å². The highest BCUT2D eigenvalue weighted by Crippen LogP contribution is 2.18. The summed E-state index contributed by atoms with van der Waals surface area (Å²) in [7, 11) is 0. The van der Waals surface area contributed by atoms with Gasteiger partial charge in [-0.3, -0.25) is 4.79 Å². The van der Waals surface area contributed by atoms with Crippen molar-refractivity contribution in [2.45, 2.75) is 19.3 Å². The molecular formula is C16H20FN5OS. The van der Waals surface area contributed by atoms with Crippen molar-refractivity contribution in [1.82, 2.24) is 20.8 Å². The summed E-state index contributed by atoms with van der Waals surface area (Å²) in [5, 5.41) is 14.8. The molecule has 0 saturated carbocycles. The summed E-state index contributed by atoms with van der Waals surface area (Å²) in [6, 6.07) is 4.79. The number of amides is 1. The molecule has 1 saturated heterocycles. The Hall–Kier alpha value is -2.06. The summed E-state index contributed by atoms with van der Waals surface area (Å²) >= 11 is 1.28. The van der Waals surface area contributed by atoms with Gasteiger partial charge in [-0.1, -0.05) is 17.4 Å². The number of nitrogens with two attached hydrogens (primary N) is 1. The Bertz CT molecular complexity index is 714. The Balaban J connectivity index is 1.58. The van der Waals surface area contributed by atoms with Crippen molar-refractivity contribution < 1.29 is 9.18 Å². The zero-order valence-electron chi connectivity index (χ0n) is 13.2. The van der Waals surface area contributed by atoms with E-state index in [-0.39, 0.29) is 5.56 Å². The molecule has 128 valence electrons. The summed E-state index contributed by atoms with van der Waals surface area (Å²) < 4.78 is 14.0. The third-order valence-corrected chi connectivity index (χ3v) is 4.88. The molecule has 1 amide bonds. The average molecular weight is 349 g/mol. The van der Waals surface area contributed by atoms with E-state index in [1.165, 1.54) is 17.4 Å². The lowest BCUT2D eigenvalue weighted by atomic mass is 9.97. The number of aromatic nitrogens is 2. The Morgan fingerprint density at radius 3 is 3.04 bits per heavy atom. The van der Waals surface area contributed by atoms with Gasteiger partial charge in [0.05, 0.1) is 5.56 Å².